The van der Waals surface area contributed by atoms with E-state index in [1.807, 2.05) is 43.3 Å². The van der Waals surface area contributed by atoms with Crippen molar-refractivity contribution in [2.24, 2.45) is 5.73 Å². The van der Waals surface area contributed by atoms with Crippen molar-refractivity contribution in [2.75, 3.05) is 19.6 Å². The number of carbonyl (C=O) groups is 4. The molecule has 0 fully saturated rings. The molecule has 1 unspecified atom stereocenters. The zero-order valence-corrected chi connectivity index (χ0v) is 31.0. The van der Waals surface area contributed by atoms with Gasteiger partial charge in [-0.05, 0) is 79.3 Å². The molecule has 7 N–H and O–H groups in total. The van der Waals surface area contributed by atoms with E-state index in [-0.39, 0.29) is 56.3 Å². The first-order valence-corrected chi connectivity index (χ1v) is 18.9. The van der Waals surface area contributed by atoms with E-state index in [1.54, 1.807) is 11.5 Å². The highest BCUT2D eigenvalue weighted by atomic mass is 19.1. The quantitative estimate of drug-likeness (QED) is 0.0985. The predicted molar refractivity (Wildman–Crippen MR) is 203 cm³/mol. The Balaban J connectivity index is 1.01. The second-order valence-corrected chi connectivity index (χ2v) is 14.8. The Hall–Kier alpha value is -5.47. The Morgan fingerprint density at radius 3 is 2.58 bits per heavy atom. The minimum Gasteiger partial charge on any atom is -0.385 e. The normalized spacial score (nSPS) is 18.2. The Morgan fingerprint density at radius 1 is 1.05 bits per heavy atom. The van der Waals surface area contributed by atoms with Gasteiger partial charge in [-0.2, -0.15) is 0 Å². The van der Waals surface area contributed by atoms with Crippen LogP contribution in [0.4, 0.5) is 4.39 Å². The number of amides is 4. The van der Waals surface area contributed by atoms with Crippen LogP contribution in [0, 0.1) is 12.7 Å². The number of pyridine rings is 2. The van der Waals surface area contributed by atoms with Gasteiger partial charge in [0, 0.05) is 42.0 Å². The molecule has 4 aromatic rings. The zero-order chi connectivity index (χ0) is 39.0. The highest BCUT2D eigenvalue weighted by molar-refractivity contribution is 5.94. The average molecular weight is 752 g/mol. The minimum atomic E-state index is -1.09. The second kappa shape index (κ2) is 15.3. The number of rotatable bonds is 13. The van der Waals surface area contributed by atoms with Crippen molar-refractivity contribution in [3.63, 3.8) is 0 Å². The number of fused-ring (bicyclic) bond motifs is 5. The highest BCUT2D eigenvalue weighted by Crippen LogP contribution is 2.46. The molecule has 3 atom stereocenters. The van der Waals surface area contributed by atoms with E-state index < -0.39 is 35.4 Å². The predicted octanol–water partition coefficient (Wildman–Crippen LogP) is 2.22. The molecule has 0 saturated carbocycles. The standard InChI is InChI=1S/C41H46FN7O6/c1-3-41(55)14-13-25-27(41)17-32-38-26(21-49(32)40(25)54)37-29(12-11-24-22(2)28(42)18-30(48-38)36(24)37)46-33(50)10-7-15-44-35(52)20-45-39(53)31(47-34(51)19-43)16-23-8-5-4-6-9-23/h4-6,8-9,17-18,29,31,55H,3,7,10-16,19-21,43H2,1-2H3,(H,44,52)(H,45,53)(H,46,50)(H,47,51)/t29-,31?,41+/m0/s1. The van der Waals surface area contributed by atoms with E-state index in [4.69, 9.17) is 10.7 Å². The summed E-state index contributed by atoms with van der Waals surface area (Å²) >= 11 is 0. The fraction of sp³-hybridized carbons (Fsp3) is 0.415. The average Bonchev–Trinajstić information content (AvgIpc) is 3.73. The summed E-state index contributed by atoms with van der Waals surface area (Å²) < 4.78 is 16.9. The first-order chi connectivity index (χ1) is 26.4. The van der Waals surface area contributed by atoms with Gasteiger partial charge in [0.1, 0.15) is 11.9 Å². The van der Waals surface area contributed by atoms with E-state index in [2.05, 4.69) is 21.3 Å². The van der Waals surface area contributed by atoms with E-state index in [0.717, 1.165) is 27.6 Å². The maximum Gasteiger partial charge on any atom is 0.254 e. The molecular formula is C41H46FN7O6. The number of halogens is 1. The van der Waals surface area contributed by atoms with Crippen molar-refractivity contribution in [2.45, 2.75) is 89.4 Å². The van der Waals surface area contributed by atoms with Crippen LogP contribution in [-0.2, 0) is 50.6 Å². The molecule has 0 bridgehead atoms. The Morgan fingerprint density at radius 2 is 1.84 bits per heavy atom. The SMILES string of the molecule is CC[C@@]1(O)CCc2c1cc1n(c2=O)Cc2c-1nc1cc(F)c(C)c3c1c2[C@@H](NC(=O)CCCNC(=O)CNC(=O)C(Cc1ccccc1)NC(=O)CN)CC3. The van der Waals surface area contributed by atoms with Crippen molar-refractivity contribution in [3.8, 4) is 11.4 Å². The number of hydrogen-bond donors (Lipinski definition) is 6. The Labute approximate surface area is 317 Å². The fourth-order valence-corrected chi connectivity index (χ4v) is 8.39. The lowest BCUT2D eigenvalue weighted by molar-refractivity contribution is -0.130. The molecule has 0 radical (unpaired) electrons. The number of nitrogens with two attached hydrogens (primary N) is 1. The third-order valence-corrected chi connectivity index (χ3v) is 11.4. The molecule has 0 saturated heterocycles. The number of carbonyl (C=O) groups excluding carboxylic acids is 4. The summed E-state index contributed by atoms with van der Waals surface area (Å²) in [5.74, 6) is -2.06. The van der Waals surface area contributed by atoms with Gasteiger partial charge in [0.15, 0.2) is 0 Å². The van der Waals surface area contributed by atoms with Gasteiger partial charge >= 0.3 is 0 Å². The first-order valence-electron chi connectivity index (χ1n) is 18.9. The number of benzene rings is 2. The molecule has 3 aliphatic rings. The van der Waals surface area contributed by atoms with Crippen molar-refractivity contribution >= 4 is 34.5 Å². The lowest BCUT2D eigenvalue weighted by Gasteiger charge is -2.30. The third kappa shape index (κ3) is 7.23. The molecule has 2 aromatic carbocycles. The topological polar surface area (TPSA) is 198 Å². The maximum atomic E-state index is 15.2. The summed E-state index contributed by atoms with van der Waals surface area (Å²) in [5, 5.41) is 23.2. The molecule has 14 heteroatoms. The molecule has 288 valence electrons. The van der Waals surface area contributed by atoms with Crippen LogP contribution in [0.1, 0.15) is 84.0 Å². The van der Waals surface area contributed by atoms with E-state index in [1.165, 1.54) is 6.07 Å². The summed E-state index contributed by atoms with van der Waals surface area (Å²) in [7, 11) is 0. The summed E-state index contributed by atoms with van der Waals surface area (Å²) in [5.41, 5.74) is 10.9. The number of aliphatic hydroxyl groups is 1. The molecule has 1 aliphatic heterocycles. The van der Waals surface area contributed by atoms with Crippen LogP contribution in [0.15, 0.2) is 47.3 Å². The monoisotopic (exact) mass is 751 g/mol. The zero-order valence-electron chi connectivity index (χ0n) is 31.0. The van der Waals surface area contributed by atoms with Crippen LogP contribution < -0.4 is 32.6 Å². The van der Waals surface area contributed by atoms with Gasteiger partial charge in [-0.25, -0.2) is 9.37 Å². The molecule has 2 aromatic heterocycles. The Kier molecular flexibility index (Phi) is 10.6. The number of hydrogen-bond acceptors (Lipinski definition) is 8. The first kappa shape index (κ1) is 37.8. The number of nitrogens with one attached hydrogen (secondary N) is 4. The summed E-state index contributed by atoms with van der Waals surface area (Å²) in [6.45, 7) is 3.50. The minimum absolute atomic E-state index is 0.112. The Bertz CT molecular complexity index is 2280. The van der Waals surface area contributed by atoms with Gasteiger partial charge in [-0.1, -0.05) is 37.3 Å². The van der Waals surface area contributed by atoms with E-state index in [9.17, 15) is 29.1 Å². The van der Waals surface area contributed by atoms with Crippen molar-refractivity contribution < 1.29 is 28.7 Å². The molecular weight excluding hydrogens is 705 g/mol. The molecule has 4 amide bonds. The molecule has 13 nitrogen and oxygen atoms in total. The van der Waals surface area contributed by atoms with Crippen LogP contribution in [0.5, 0.6) is 0 Å². The highest BCUT2D eigenvalue weighted by Gasteiger charge is 2.41. The lowest BCUT2D eigenvalue weighted by Crippen LogP contribution is -2.51. The van der Waals surface area contributed by atoms with Gasteiger partial charge in [0.25, 0.3) is 5.56 Å². The maximum absolute atomic E-state index is 15.2. The lowest BCUT2D eigenvalue weighted by atomic mass is 9.81. The third-order valence-electron chi connectivity index (χ3n) is 11.4. The second-order valence-electron chi connectivity index (χ2n) is 14.8. The summed E-state index contributed by atoms with van der Waals surface area (Å²) in [6.07, 6.45) is 3.18. The molecule has 7 rings (SSSR count). The van der Waals surface area contributed by atoms with Crippen LogP contribution in [0.2, 0.25) is 0 Å². The number of nitrogens with zero attached hydrogens (tertiary/aromatic N) is 2. The summed E-state index contributed by atoms with van der Waals surface area (Å²) in [6, 6.07) is 11.1. The van der Waals surface area contributed by atoms with E-state index >= 15 is 4.39 Å². The largest absolute Gasteiger partial charge is 0.385 e. The van der Waals surface area contributed by atoms with Crippen LogP contribution in [-0.4, -0.2) is 64.0 Å². The van der Waals surface area contributed by atoms with Crippen LogP contribution in [0.3, 0.4) is 0 Å². The molecule has 55 heavy (non-hydrogen) atoms. The smallest absolute Gasteiger partial charge is 0.254 e. The molecule has 0 spiro atoms. The number of aryl methyl sites for hydroxylation is 1. The van der Waals surface area contributed by atoms with Gasteiger partial charge in [-0.15, -0.1) is 0 Å². The van der Waals surface area contributed by atoms with E-state index in [0.29, 0.717) is 72.1 Å². The summed E-state index contributed by atoms with van der Waals surface area (Å²) in [4.78, 5) is 69.5. The van der Waals surface area contributed by atoms with Crippen LogP contribution >= 0.6 is 0 Å². The van der Waals surface area contributed by atoms with Gasteiger partial charge < -0.3 is 36.7 Å². The van der Waals surface area contributed by atoms with Crippen molar-refractivity contribution in [3.05, 3.63) is 97.6 Å². The van der Waals surface area contributed by atoms with Crippen molar-refractivity contribution in [1.82, 2.24) is 30.8 Å². The van der Waals surface area contributed by atoms with Crippen molar-refractivity contribution in [1.29, 1.82) is 0 Å². The van der Waals surface area contributed by atoms with Gasteiger partial charge in [-0.3, -0.25) is 24.0 Å². The molecule has 3 heterocycles. The number of aromatic nitrogens is 2. The fourth-order valence-electron chi connectivity index (χ4n) is 8.39. The molecule has 2 aliphatic carbocycles. The van der Waals surface area contributed by atoms with Crippen LogP contribution in [0.25, 0.3) is 22.3 Å². The van der Waals surface area contributed by atoms with Gasteiger partial charge in [0.05, 0.1) is 48.2 Å². The van der Waals surface area contributed by atoms with Gasteiger partial charge in [0.2, 0.25) is 23.6 Å².